The SMILES string of the molecule is Cn1nc(C(=O)Nc2ccccc2)c2ccccc2c1=O. The Hall–Kier alpha value is -2.95. The Morgan fingerprint density at radius 3 is 2.33 bits per heavy atom. The summed E-state index contributed by atoms with van der Waals surface area (Å²) in [4.78, 5) is 24.4. The van der Waals surface area contributed by atoms with Gasteiger partial charge in [0.1, 0.15) is 0 Å². The number of nitrogens with one attached hydrogen (secondary N) is 1. The van der Waals surface area contributed by atoms with Crippen LogP contribution in [0.1, 0.15) is 10.5 Å². The molecule has 0 radical (unpaired) electrons. The molecule has 21 heavy (non-hydrogen) atoms. The van der Waals surface area contributed by atoms with Gasteiger partial charge in [0.05, 0.1) is 5.39 Å². The fourth-order valence-electron chi connectivity index (χ4n) is 2.18. The van der Waals surface area contributed by atoms with Crippen molar-refractivity contribution in [3.05, 3.63) is 70.6 Å². The summed E-state index contributed by atoms with van der Waals surface area (Å²) >= 11 is 0. The molecular weight excluding hydrogens is 266 g/mol. The van der Waals surface area contributed by atoms with Crippen molar-refractivity contribution in [2.24, 2.45) is 7.05 Å². The minimum absolute atomic E-state index is 0.220. The zero-order valence-electron chi connectivity index (χ0n) is 11.4. The summed E-state index contributed by atoms with van der Waals surface area (Å²) in [5, 5.41) is 7.90. The average molecular weight is 279 g/mol. The minimum Gasteiger partial charge on any atom is -0.321 e. The molecule has 0 spiro atoms. The molecule has 2 aromatic carbocycles. The van der Waals surface area contributed by atoms with Crippen LogP contribution < -0.4 is 10.9 Å². The molecule has 5 nitrogen and oxygen atoms in total. The van der Waals surface area contributed by atoms with Gasteiger partial charge < -0.3 is 5.32 Å². The molecule has 0 aliphatic heterocycles. The van der Waals surface area contributed by atoms with Crippen LogP contribution in [0.3, 0.4) is 0 Å². The molecule has 1 heterocycles. The van der Waals surface area contributed by atoms with Crippen molar-refractivity contribution in [1.82, 2.24) is 9.78 Å². The van der Waals surface area contributed by atoms with Crippen LogP contribution in [0.4, 0.5) is 5.69 Å². The van der Waals surface area contributed by atoms with E-state index in [4.69, 9.17) is 0 Å². The Kier molecular flexibility index (Phi) is 3.23. The Bertz CT molecular complexity index is 870. The third kappa shape index (κ3) is 2.41. The monoisotopic (exact) mass is 279 g/mol. The van der Waals surface area contributed by atoms with E-state index < -0.39 is 0 Å². The Labute approximate surface area is 120 Å². The van der Waals surface area contributed by atoms with Crippen molar-refractivity contribution < 1.29 is 4.79 Å². The molecule has 104 valence electrons. The molecule has 1 amide bonds. The van der Waals surface area contributed by atoms with Crippen molar-refractivity contribution >= 4 is 22.4 Å². The number of amides is 1. The topological polar surface area (TPSA) is 64.0 Å². The van der Waals surface area contributed by atoms with Crippen LogP contribution in [0, 0.1) is 0 Å². The summed E-state index contributed by atoms with van der Waals surface area (Å²) in [6.07, 6.45) is 0. The molecule has 1 aromatic heterocycles. The maximum atomic E-state index is 12.4. The summed E-state index contributed by atoms with van der Waals surface area (Å²) < 4.78 is 1.18. The van der Waals surface area contributed by atoms with Crippen molar-refractivity contribution in [3.8, 4) is 0 Å². The van der Waals surface area contributed by atoms with Crippen molar-refractivity contribution in [1.29, 1.82) is 0 Å². The predicted octanol–water partition coefficient (Wildman–Crippen LogP) is 2.19. The highest BCUT2D eigenvalue weighted by Crippen LogP contribution is 2.15. The van der Waals surface area contributed by atoms with E-state index in [1.807, 2.05) is 18.2 Å². The largest absolute Gasteiger partial charge is 0.321 e. The first-order valence-electron chi connectivity index (χ1n) is 6.49. The Morgan fingerprint density at radius 1 is 1.00 bits per heavy atom. The summed E-state index contributed by atoms with van der Waals surface area (Å²) in [7, 11) is 1.54. The molecule has 1 N–H and O–H groups in total. The highest BCUT2D eigenvalue weighted by Gasteiger charge is 2.15. The lowest BCUT2D eigenvalue weighted by Gasteiger charge is -2.08. The van der Waals surface area contributed by atoms with Gasteiger partial charge in [0.25, 0.3) is 11.5 Å². The van der Waals surface area contributed by atoms with Gasteiger partial charge in [0, 0.05) is 18.1 Å². The van der Waals surface area contributed by atoms with Gasteiger partial charge in [0.2, 0.25) is 0 Å². The minimum atomic E-state index is -0.340. The predicted molar refractivity (Wildman–Crippen MR) is 81.4 cm³/mol. The van der Waals surface area contributed by atoms with Gasteiger partial charge >= 0.3 is 0 Å². The molecular formula is C16H13N3O2. The molecule has 5 heteroatoms. The van der Waals surface area contributed by atoms with E-state index in [1.165, 1.54) is 11.7 Å². The normalized spacial score (nSPS) is 10.5. The number of aromatic nitrogens is 2. The van der Waals surface area contributed by atoms with Crippen molar-refractivity contribution in [2.45, 2.75) is 0 Å². The molecule has 0 fully saturated rings. The second-order valence-electron chi connectivity index (χ2n) is 4.64. The van der Waals surface area contributed by atoms with E-state index in [0.717, 1.165) is 0 Å². The highest BCUT2D eigenvalue weighted by atomic mass is 16.2. The number of hydrogen-bond acceptors (Lipinski definition) is 3. The maximum Gasteiger partial charge on any atom is 0.276 e. The quantitative estimate of drug-likeness (QED) is 0.782. The first-order chi connectivity index (χ1) is 10.2. The highest BCUT2D eigenvalue weighted by molar-refractivity contribution is 6.11. The number of aryl methyl sites for hydroxylation is 1. The van der Waals surface area contributed by atoms with E-state index in [1.54, 1.807) is 36.4 Å². The molecule has 3 aromatic rings. The summed E-state index contributed by atoms with van der Waals surface area (Å²) in [5.74, 6) is -0.340. The van der Waals surface area contributed by atoms with Crippen LogP contribution >= 0.6 is 0 Å². The third-order valence-electron chi connectivity index (χ3n) is 3.20. The molecule has 3 rings (SSSR count). The smallest absolute Gasteiger partial charge is 0.276 e. The fraction of sp³-hybridized carbons (Fsp3) is 0.0625. The fourth-order valence-corrected chi connectivity index (χ4v) is 2.18. The second kappa shape index (κ2) is 5.20. The first-order valence-corrected chi connectivity index (χ1v) is 6.49. The standard InChI is InChI=1S/C16H13N3O2/c1-19-16(21)13-10-6-5-9-12(13)14(18-19)15(20)17-11-7-3-2-4-8-11/h2-10H,1H3,(H,17,20). The summed E-state index contributed by atoms with van der Waals surface area (Å²) in [5.41, 5.74) is 0.695. The van der Waals surface area contributed by atoms with Gasteiger partial charge in [-0.2, -0.15) is 5.10 Å². The third-order valence-corrected chi connectivity index (χ3v) is 3.20. The van der Waals surface area contributed by atoms with E-state index in [-0.39, 0.29) is 17.2 Å². The van der Waals surface area contributed by atoms with Gasteiger partial charge in [-0.15, -0.1) is 0 Å². The number of rotatable bonds is 2. The lowest BCUT2D eigenvalue weighted by atomic mass is 10.1. The van der Waals surface area contributed by atoms with Gasteiger partial charge in [-0.05, 0) is 18.2 Å². The van der Waals surface area contributed by atoms with Gasteiger partial charge in [0.15, 0.2) is 5.69 Å². The molecule has 0 saturated carbocycles. The molecule has 0 aliphatic rings. The van der Waals surface area contributed by atoms with Crippen molar-refractivity contribution in [2.75, 3.05) is 5.32 Å². The van der Waals surface area contributed by atoms with Gasteiger partial charge in [-0.1, -0.05) is 36.4 Å². The second-order valence-corrected chi connectivity index (χ2v) is 4.64. The van der Waals surface area contributed by atoms with Crippen LogP contribution in [-0.2, 0) is 7.05 Å². The van der Waals surface area contributed by atoms with Crippen LogP contribution in [0.25, 0.3) is 10.8 Å². The van der Waals surface area contributed by atoms with Crippen molar-refractivity contribution in [3.63, 3.8) is 0 Å². The molecule has 0 aliphatic carbocycles. The number of hydrogen-bond donors (Lipinski definition) is 1. The molecule has 0 unspecified atom stereocenters. The van der Waals surface area contributed by atoms with E-state index in [0.29, 0.717) is 16.5 Å². The number of benzene rings is 2. The number of nitrogens with zero attached hydrogens (tertiary/aromatic N) is 2. The number of carbonyl (C=O) groups is 1. The van der Waals surface area contributed by atoms with Crippen LogP contribution in [-0.4, -0.2) is 15.7 Å². The Balaban J connectivity index is 2.10. The zero-order chi connectivity index (χ0) is 14.8. The van der Waals surface area contributed by atoms with Crippen LogP contribution in [0.5, 0.6) is 0 Å². The molecule has 0 bridgehead atoms. The number of carbonyl (C=O) groups excluding carboxylic acids is 1. The van der Waals surface area contributed by atoms with E-state index in [2.05, 4.69) is 10.4 Å². The molecule has 0 atom stereocenters. The average Bonchev–Trinajstić information content (AvgIpc) is 2.52. The van der Waals surface area contributed by atoms with E-state index >= 15 is 0 Å². The van der Waals surface area contributed by atoms with Gasteiger partial charge in [-0.25, -0.2) is 4.68 Å². The number of fused-ring (bicyclic) bond motifs is 1. The zero-order valence-corrected chi connectivity index (χ0v) is 11.4. The maximum absolute atomic E-state index is 12.4. The first kappa shape index (κ1) is 13.1. The van der Waals surface area contributed by atoms with Crippen LogP contribution in [0.2, 0.25) is 0 Å². The van der Waals surface area contributed by atoms with E-state index in [9.17, 15) is 9.59 Å². The molecule has 0 saturated heterocycles. The number of anilines is 1. The lowest BCUT2D eigenvalue weighted by molar-refractivity contribution is 0.102. The summed E-state index contributed by atoms with van der Waals surface area (Å²) in [6.45, 7) is 0. The lowest BCUT2D eigenvalue weighted by Crippen LogP contribution is -2.25. The Morgan fingerprint density at radius 2 is 1.62 bits per heavy atom. The van der Waals surface area contributed by atoms with Gasteiger partial charge in [-0.3, -0.25) is 9.59 Å². The van der Waals surface area contributed by atoms with Crippen LogP contribution in [0.15, 0.2) is 59.4 Å². The summed E-state index contributed by atoms with van der Waals surface area (Å²) in [6, 6.07) is 16.1. The number of para-hydroxylation sites is 1.